The first-order valence-electron chi connectivity index (χ1n) is 8.63. The molecule has 138 valence electrons. The molecule has 3 aliphatic rings. The molecular weight excluding hydrogens is 347 g/mol. The molecule has 0 radical (unpaired) electrons. The molecule has 0 aromatic heterocycles. The van der Waals surface area contributed by atoms with Crippen molar-refractivity contribution in [2.45, 2.75) is 51.6 Å². The molecule has 1 saturated heterocycles. The largest absolute Gasteiger partial charge is 0.430 e. The molecule has 0 saturated carbocycles. The van der Waals surface area contributed by atoms with E-state index in [1.807, 2.05) is 13.8 Å². The van der Waals surface area contributed by atoms with Gasteiger partial charge in [0.15, 0.2) is 0 Å². The molecule has 2 N–H and O–H groups in total. The Morgan fingerprint density at radius 1 is 1.33 bits per heavy atom. The van der Waals surface area contributed by atoms with Gasteiger partial charge >= 0.3 is 5.97 Å². The van der Waals surface area contributed by atoms with Gasteiger partial charge in [-0.2, -0.15) is 0 Å². The summed E-state index contributed by atoms with van der Waals surface area (Å²) in [6.45, 7) is 5.95. The van der Waals surface area contributed by atoms with Crippen LogP contribution in [0.1, 0.15) is 39.5 Å². The van der Waals surface area contributed by atoms with E-state index in [0.29, 0.717) is 12.0 Å². The zero-order valence-electron chi connectivity index (χ0n) is 14.5. The minimum atomic E-state index is -0.535. The Morgan fingerprint density at radius 3 is 2.79 bits per heavy atom. The Bertz CT molecular complexity index is 493. The molecule has 2 heterocycles. The van der Waals surface area contributed by atoms with Crippen LogP contribution in [-0.4, -0.2) is 36.0 Å². The highest BCUT2D eigenvalue weighted by Gasteiger charge is 2.39. The quantitative estimate of drug-likeness (QED) is 0.606. The third kappa shape index (κ3) is 4.54. The van der Waals surface area contributed by atoms with Gasteiger partial charge in [0.2, 0.25) is 0 Å². The van der Waals surface area contributed by atoms with Crippen LogP contribution in [-0.2, 0) is 9.53 Å². The molecule has 4 atom stereocenters. The summed E-state index contributed by atoms with van der Waals surface area (Å²) in [5, 5.41) is 0. The first-order valence-corrected chi connectivity index (χ1v) is 8.63. The average molecular weight is 377 g/mol. The van der Waals surface area contributed by atoms with Crippen molar-refractivity contribution >= 4 is 30.8 Å². The Kier molecular flexibility index (Phi) is 8.27. The Balaban J connectivity index is 0.00000144. The third-order valence-electron chi connectivity index (χ3n) is 5.49. The molecule has 0 aromatic carbocycles. The number of nitrogens with zero attached hydrogens (tertiary/aromatic N) is 1. The molecule has 0 spiro atoms. The number of nitrogens with two attached hydrogens (primary N) is 1. The summed E-state index contributed by atoms with van der Waals surface area (Å²) >= 11 is 0. The number of esters is 1. The number of hydrogen-bond donors (Lipinski definition) is 1. The molecule has 1 aliphatic carbocycles. The highest BCUT2D eigenvalue weighted by atomic mass is 35.5. The third-order valence-corrected chi connectivity index (χ3v) is 5.49. The maximum atomic E-state index is 12.1. The SMILES string of the molecule is CC(C)C(N)C(=O)OC1=CCN2CCC3CCC=CC3C2C1.Cl.Cl. The smallest absolute Gasteiger partial charge is 0.328 e. The van der Waals surface area contributed by atoms with E-state index in [0.717, 1.165) is 24.6 Å². The Labute approximate surface area is 157 Å². The maximum Gasteiger partial charge on any atom is 0.328 e. The molecule has 4 nitrogen and oxygen atoms in total. The van der Waals surface area contributed by atoms with Crippen LogP contribution >= 0.6 is 24.8 Å². The minimum absolute atomic E-state index is 0. The molecule has 24 heavy (non-hydrogen) atoms. The number of rotatable bonds is 3. The van der Waals surface area contributed by atoms with Crippen molar-refractivity contribution in [2.75, 3.05) is 13.1 Å². The number of allylic oxidation sites excluding steroid dienone is 1. The molecule has 6 heteroatoms. The van der Waals surface area contributed by atoms with Crippen LogP contribution in [0.15, 0.2) is 24.0 Å². The number of carbonyl (C=O) groups is 1. The van der Waals surface area contributed by atoms with E-state index in [2.05, 4.69) is 23.1 Å². The predicted molar refractivity (Wildman–Crippen MR) is 101 cm³/mol. The topological polar surface area (TPSA) is 55.6 Å². The van der Waals surface area contributed by atoms with Crippen LogP contribution < -0.4 is 5.73 Å². The standard InChI is InChI=1S/C18H28N2O2.2ClH/c1-12(2)17(19)18(21)22-14-8-10-20-9-7-13-5-3-4-6-15(13)16(20)11-14;;/h4,6,8,12-13,15-17H,3,5,7,9-11,19H2,1-2H3;2*1H. The number of fused-ring (bicyclic) bond motifs is 3. The van der Waals surface area contributed by atoms with E-state index in [9.17, 15) is 4.79 Å². The van der Waals surface area contributed by atoms with Crippen LogP contribution in [0.2, 0.25) is 0 Å². The summed E-state index contributed by atoms with van der Waals surface area (Å²) in [5.74, 6) is 2.06. The van der Waals surface area contributed by atoms with Gasteiger partial charge in [0.1, 0.15) is 11.8 Å². The maximum absolute atomic E-state index is 12.1. The second-order valence-electron chi connectivity index (χ2n) is 7.26. The molecule has 2 aliphatic heterocycles. The van der Waals surface area contributed by atoms with Crippen molar-refractivity contribution < 1.29 is 9.53 Å². The van der Waals surface area contributed by atoms with E-state index in [4.69, 9.17) is 10.5 Å². The lowest BCUT2D eigenvalue weighted by Gasteiger charge is -2.47. The number of ether oxygens (including phenoxy) is 1. The average Bonchev–Trinajstić information content (AvgIpc) is 2.53. The van der Waals surface area contributed by atoms with Crippen molar-refractivity contribution in [3.8, 4) is 0 Å². The lowest BCUT2D eigenvalue weighted by atomic mass is 9.72. The Hall–Kier alpha value is -0.550. The fourth-order valence-electron chi connectivity index (χ4n) is 3.99. The minimum Gasteiger partial charge on any atom is -0.430 e. The molecule has 0 aromatic rings. The van der Waals surface area contributed by atoms with Crippen molar-refractivity contribution in [2.24, 2.45) is 23.5 Å². The van der Waals surface area contributed by atoms with Gasteiger partial charge in [-0.1, -0.05) is 26.0 Å². The summed E-state index contributed by atoms with van der Waals surface area (Å²) in [5.41, 5.74) is 5.89. The second kappa shape index (κ2) is 9.23. The number of hydrogen-bond acceptors (Lipinski definition) is 4. The fourth-order valence-corrected chi connectivity index (χ4v) is 3.99. The summed E-state index contributed by atoms with van der Waals surface area (Å²) in [6.07, 6.45) is 11.4. The van der Waals surface area contributed by atoms with Crippen LogP contribution in [0.3, 0.4) is 0 Å². The van der Waals surface area contributed by atoms with E-state index < -0.39 is 6.04 Å². The zero-order chi connectivity index (χ0) is 15.7. The summed E-state index contributed by atoms with van der Waals surface area (Å²) in [4.78, 5) is 14.6. The lowest BCUT2D eigenvalue weighted by molar-refractivity contribution is -0.142. The zero-order valence-corrected chi connectivity index (χ0v) is 16.2. The first-order chi connectivity index (χ1) is 10.6. The van der Waals surface area contributed by atoms with Gasteiger partial charge < -0.3 is 10.5 Å². The summed E-state index contributed by atoms with van der Waals surface area (Å²) < 4.78 is 5.59. The number of carbonyl (C=O) groups excluding carboxylic acids is 1. The molecule has 4 unspecified atom stereocenters. The monoisotopic (exact) mass is 376 g/mol. The Morgan fingerprint density at radius 2 is 2.08 bits per heavy atom. The second-order valence-corrected chi connectivity index (χ2v) is 7.26. The number of piperidine rings is 1. The first kappa shape index (κ1) is 21.5. The van der Waals surface area contributed by atoms with E-state index in [1.165, 1.54) is 25.8 Å². The van der Waals surface area contributed by atoms with Crippen LogP contribution in [0.5, 0.6) is 0 Å². The van der Waals surface area contributed by atoms with Gasteiger partial charge in [0, 0.05) is 19.0 Å². The summed E-state index contributed by atoms with van der Waals surface area (Å²) in [6, 6.07) is -0.0500. The van der Waals surface area contributed by atoms with Crippen LogP contribution in [0.4, 0.5) is 0 Å². The normalized spacial score (nSPS) is 30.2. The van der Waals surface area contributed by atoms with Gasteiger partial charge in [-0.3, -0.25) is 4.90 Å². The van der Waals surface area contributed by atoms with Gasteiger partial charge in [-0.25, -0.2) is 4.79 Å². The van der Waals surface area contributed by atoms with Crippen molar-refractivity contribution in [1.82, 2.24) is 4.90 Å². The van der Waals surface area contributed by atoms with Crippen LogP contribution in [0.25, 0.3) is 0 Å². The van der Waals surface area contributed by atoms with Crippen molar-refractivity contribution in [3.05, 3.63) is 24.0 Å². The number of halogens is 2. The van der Waals surface area contributed by atoms with E-state index in [1.54, 1.807) is 0 Å². The van der Waals surface area contributed by atoms with E-state index >= 15 is 0 Å². The van der Waals surface area contributed by atoms with Gasteiger partial charge in [0.05, 0.1) is 0 Å². The highest BCUT2D eigenvalue weighted by molar-refractivity contribution is 5.85. The predicted octanol–water partition coefficient (Wildman–Crippen LogP) is 3.30. The molecule has 1 fully saturated rings. The highest BCUT2D eigenvalue weighted by Crippen LogP contribution is 2.40. The van der Waals surface area contributed by atoms with Crippen LogP contribution in [0, 0.1) is 17.8 Å². The van der Waals surface area contributed by atoms with Gasteiger partial charge in [-0.05, 0) is 49.6 Å². The molecule has 0 amide bonds. The van der Waals surface area contributed by atoms with Crippen molar-refractivity contribution in [3.63, 3.8) is 0 Å². The van der Waals surface area contributed by atoms with Crippen molar-refractivity contribution in [1.29, 1.82) is 0 Å². The molecule has 3 rings (SSSR count). The molecule has 0 bridgehead atoms. The molecular formula is C18H30Cl2N2O2. The summed E-state index contributed by atoms with van der Waals surface area (Å²) in [7, 11) is 0. The van der Waals surface area contributed by atoms with Gasteiger partial charge in [-0.15, -0.1) is 24.8 Å². The van der Waals surface area contributed by atoms with Gasteiger partial charge in [0.25, 0.3) is 0 Å². The lowest BCUT2D eigenvalue weighted by Crippen LogP contribution is -2.51. The van der Waals surface area contributed by atoms with E-state index in [-0.39, 0.29) is 36.7 Å². The fraction of sp³-hybridized carbons (Fsp3) is 0.722.